The number of hydrogen-bond donors (Lipinski definition) is 1. The van der Waals surface area contributed by atoms with Crippen molar-refractivity contribution in [2.75, 3.05) is 13.1 Å². The van der Waals surface area contributed by atoms with Gasteiger partial charge in [-0.15, -0.1) is 0 Å². The fourth-order valence-corrected chi connectivity index (χ4v) is 3.96. The molecule has 0 aliphatic carbocycles. The van der Waals surface area contributed by atoms with Crippen LogP contribution in [-0.4, -0.2) is 18.0 Å². The molecule has 2 N–H and O–H groups in total. The van der Waals surface area contributed by atoms with Crippen LogP contribution in [-0.2, 0) is 6.54 Å². The Hall–Kier alpha value is -2.13. The maximum absolute atomic E-state index is 14.3. The third-order valence-electron chi connectivity index (χ3n) is 4.70. The molecule has 0 spiro atoms. The van der Waals surface area contributed by atoms with E-state index in [1.807, 2.05) is 18.2 Å². The molecule has 0 radical (unpaired) electrons. The van der Waals surface area contributed by atoms with Crippen LogP contribution in [0.15, 0.2) is 42.5 Å². The Morgan fingerprint density at radius 1 is 1.25 bits per heavy atom. The van der Waals surface area contributed by atoms with Gasteiger partial charge in [0.25, 0.3) is 0 Å². The van der Waals surface area contributed by atoms with E-state index in [1.54, 1.807) is 6.07 Å². The van der Waals surface area contributed by atoms with Crippen molar-refractivity contribution in [1.29, 1.82) is 5.26 Å². The highest BCUT2D eigenvalue weighted by molar-refractivity contribution is 8.06. The molecular weight excluding hydrogens is 369 g/mol. The van der Waals surface area contributed by atoms with Gasteiger partial charge in [0.2, 0.25) is 0 Å². The van der Waals surface area contributed by atoms with Crippen molar-refractivity contribution in [3.8, 4) is 17.2 Å². The summed E-state index contributed by atoms with van der Waals surface area (Å²) in [6.07, 6.45) is 4.07. The summed E-state index contributed by atoms with van der Waals surface area (Å²) in [5.41, 5.74) is 3.97. The first-order chi connectivity index (χ1) is 13.6. The zero-order chi connectivity index (χ0) is 20.5. The molecule has 0 saturated heterocycles. The summed E-state index contributed by atoms with van der Waals surface area (Å²) >= 11 is 1.23. The number of nitriles is 1. The van der Waals surface area contributed by atoms with E-state index in [0.717, 1.165) is 54.1 Å². The second kappa shape index (κ2) is 11.0. The number of rotatable bonds is 9. The molecule has 28 heavy (non-hydrogen) atoms. The van der Waals surface area contributed by atoms with Crippen LogP contribution in [0.4, 0.5) is 4.39 Å². The molecular formula is C23H28FN3S. The summed E-state index contributed by atoms with van der Waals surface area (Å²) in [5.74, 6) is -0.501. The molecule has 3 nitrogen and oxygen atoms in total. The van der Waals surface area contributed by atoms with Gasteiger partial charge in [0, 0.05) is 17.0 Å². The van der Waals surface area contributed by atoms with Gasteiger partial charge in [-0.05, 0) is 66.7 Å². The Morgan fingerprint density at radius 3 is 2.61 bits per heavy atom. The van der Waals surface area contributed by atoms with Gasteiger partial charge in [0.15, 0.2) is 0 Å². The summed E-state index contributed by atoms with van der Waals surface area (Å²) < 4.78 is 14.3. The molecule has 0 fully saturated rings. The Morgan fingerprint density at radius 2 is 2.04 bits per heavy atom. The van der Waals surface area contributed by atoms with Gasteiger partial charge in [0.05, 0.1) is 5.56 Å². The molecule has 2 rings (SSSR count). The van der Waals surface area contributed by atoms with E-state index in [-0.39, 0.29) is 5.56 Å². The minimum absolute atomic E-state index is 0.0547. The van der Waals surface area contributed by atoms with Gasteiger partial charge in [-0.3, -0.25) is 10.0 Å². The van der Waals surface area contributed by atoms with Crippen LogP contribution in [0.2, 0.25) is 0 Å². The third-order valence-corrected chi connectivity index (χ3v) is 5.32. The van der Waals surface area contributed by atoms with Crippen LogP contribution in [0, 0.1) is 17.1 Å². The van der Waals surface area contributed by atoms with E-state index >= 15 is 0 Å². The molecule has 0 bridgehead atoms. The average molecular weight is 398 g/mol. The van der Waals surface area contributed by atoms with E-state index in [4.69, 9.17) is 10.4 Å². The van der Waals surface area contributed by atoms with E-state index in [0.29, 0.717) is 0 Å². The Labute approximate surface area is 172 Å². The van der Waals surface area contributed by atoms with Crippen LogP contribution in [0.5, 0.6) is 0 Å². The molecule has 0 unspecified atom stereocenters. The number of hydrogen-bond acceptors (Lipinski definition) is 4. The molecule has 2 aromatic carbocycles. The Bertz CT molecular complexity index is 871. The van der Waals surface area contributed by atoms with Crippen LogP contribution < -0.4 is 5.14 Å². The average Bonchev–Trinajstić information content (AvgIpc) is 2.71. The SMILES string of the molecule is CC/C=C(\SN)c1c(CN(CC)CCC)cccc1-c1ccc(C#N)c(F)c1. The molecule has 2 aromatic rings. The lowest BCUT2D eigenvalue weighted by Crippen LogP contribution is -2.24. The highest BCUT2D eigenvalue weighted by atomic mass is 32.2. The minimum Gasteiger partial charge on any atom is -0.299 e. The van der Waals surface area contributed by atoms with Crippen molar-refractivity contribution >= 4 is 16.9 Å². The van der Waals surface area contributed by atoms with Crippen molar-refractivity contribution < 1.29 is 4.39 Å². The normalized spacial score (nSPS) is 11.7. The predicted molar refractivity (Wildman–Crippen MR) is 118 cm³/mol. The van der Waals surface area contributed by atoms with Crippen molar-refractivity contribution in [3.63, 3.8) is 0 Å². The van der Waals surface area contributed by atoms with Gasteiger partial charge in [-0.2, -0.15) is 5.26 Å². The van der Waals surface area contributed by atoms with Crippen molar-refractivity contribution in [2.24, 2.45) is 5.14 Å². The second-order valence-corrected chi connectivity index (χ2v) is 7.28. The van der Waals surface area contributed by atoms with Gasteiger partial charge < -0.3 is 0 Å². The number of benzene rings is 2. The highest BCUT2D eigenvalue weighted by Crippen LogP contribution is 2.37. The maximum atomic E-state index is 14.3. The van der Waals surface area contributed by atoms with Gasteiger partial charge >= 0.3 is 0 Å². The summed E-state index contributed by atoms with van der Waals surface area (Å²) in [6.45, 7) is 9.22. The van der Waals surface area contributed by atoms with Crippen LogP contribution in [0.25, 0.3) is 16.0 Å². The number of allylic oxidation sites excluding steroid dienone is 1. The van der Waals surface area contributed by atoms with Crippen LogP contribution in [0.3, 0.4) is 0 Å². The molecule has 0 aromatic heterocycles. The lowest BCUT2D eigenvalue weighted by Gasteiger charge is -2.23. The van der Waals surface area contributed by atoms with Crippen LogP contribution in [0.1, 0.15) is 50.3 Å². The molecule has 5 heteroatoms. The summed E-state index contributed by atoms with van der Waals surface area (Å²) in [7, 11) is 0. The van der Waals surface area contributed by atoms with Gasteiger partial charge in [-0.1, -0.05) is 51.1 Å². The lowest BCUT2D eigenvalue weighted by atomic mass is 9.93. The topological polar surface area (TPSA) is 53.0 Å². The summed E-state index contributed by atoms with van der Waals surface area (Å²) in [5, 5.41) is 15.0. The first-order valence-corrected chi connectivity index (χ1v) is 10.6. The van der Waals surface area contributed by atoms with Crippen molar-refractivity contribution in [2.45, 2.75) is 40.2 Å². The Kier molecular flexibility index (Phi) is 8.72. The predicted octanol–water partition coefficient (Wildman–Crippen LogP) is 5.95. The highest BCUT2D eigenvalue weighted by Gasteiger charge is 2.17. The third kappa shape index (κ3) is 5.23. The van der Waals surface area contributed by atoms with E-state index in [1.165, 1.54) is 29.6 Å². The standard InChI is InChI=1S/C23H28FN3S/c1-4-8-22(28-26)23-19(16-27(6-3)13-5-2)9-7-10-20(23)17-11-12-18(15-25)21(24)14-17/h7-12,14H,4-6,13,16,26H2,1-3H3/b22-8-. The molecule has 0 heterocycles. The smallest absolute Gasteiger partial charge is 0.141 e. The Balaban J connectivity index is 2.65. The van der Waals surface area contributed by atoms with Crippen molar-refractivity contribution in [1.82, 2.24) is 4.90 Å². The minimum atomic E-state index is -0.501. The second-order valence-electron chi connectivity index (χ2n) is 6.61. The fourth-order valence-electron chi connectivity index (χ4n) is 3.34. The van der Waals surface area contributed by atoms with Crippen LogP contribution >= 0.6 is 11.9 Å². The molecule has 0 saturated carbocycles. The molecule has 148 valence electrons. The number of nitrogens with two attached hydrogens (primary N) is 1. The number of nitrogens with zero attached hydrogens (tertiary/aromatic N) is 2. The zero-order valence-corrected chi connectivity index (χ0v) is 17.7. The summed E-state index contributed by atoms with van der Waals surface area (Å²) in [4.78, 5) is 3.39. The van der Waals surface area contributed by atoms with Gasteiger partial charge in [-0.25, -0.2) is 4.39 Å². The quantitative estimate of drug-likeness (QED) is 0.531. The molecule has 0 aliphatic rings. The summed E-state index contributed by atoms with van der Waals surface area (Å²) in [6, 6.07) is 12.8. The van der Waals surface area contributed by atoms with Gasteiger partial charge in [0.1, 0.15) is 11.9 Å². The molecule has 0 amide bonds. The first-order valence-electron chi connectivity index (χ1n) is 9.70. The lowest BCUT2D eigenvalue weighted by molar-refractivity contribution is 0.280. The molecule has 0 aliphatic heterocycles. The van der Waals surface area contributed by atoms with E-state index < -0.39 is 5.82 Å². The maximum Gasteiger partial charge on any atom is 0.141 e. The first kappa shape index (κ1) is 22.2. The zero-order valence-electron chi connectivity index (χ0n) is 16.8. The largest absolute Gasteiger partial charge is 0.299 e. The van der Waals surface area contributed by atoms with E-state index in [2.05, 4.69) is 37.8 Å². The fraction of sp³-hybridized carbons (Fsp3) is 0.348. The monoisotopic (exact) mass is 397 g/mol. The number of halogens is 1. The van der Waals surface area contributed by atoms with Crippen molar-refractivity contribution in [3.05, 3.63) is 65.0 Å². The van der Waals surface area contributed by atoms with E-state index in [9.17, 15) is 4.39 Å². The molecule has 0 atom stereocenters.